The van der Waals surface area contributed by atoms with Gasteiger partial charge in [-0.05, 0) is 37.0 Å². The first-order chi connectivity index (χ1) is 9.10. The van der Waals surface area contributed by atoms with Gasteiger partial charge in [0.05, 0.1) is 13.2 Å². The maximum absolute atomic E-state index is 11.2. The van der Waals surface area contributed by atoms with E-state index in [1.807, 2.05) is 24.3 Å². The summed E-state index contributed by atoms with van der Waals surface area (Å²) < 4.78 is 10.4. The molecule has 0 bridgehead atoms. The van der Waals surface area contributed by atoms with Crippen LogP contribution in [0.4, 0.5) is 0 Å². The number of carbonyl (C=O) groups excluding carboxylic acids is 1. The lowest BCUT2D eigenvalue weighted by atomic mass is 10.1. The van der Waals surface area contributed by atoms with Gasteiger partial charge < -0.3 is 15.2 Å². The van der Waals surface area contributed by atoms with Crippen LogP contribution < -0.4 is 10.5 Å². The highest BCUT2D eigenvalue weighted by atomic mass is 16.5. The van der Waals surface area contributed by atoms with Crippen molar-refractivity contribution >= 4 is 5.97 Å². The summed E-state index contributed by atoms with van der Waals surface area (Å²) in [6, 6.07) is 7.08. The molecule has 1 rings (SSSR count). The third-order valence-electron chi connectivity index (χ3n) is 3.10. The molecule has 0 radical (unpaired) electrons. The van der Waals surface area contributed by atoms with E-state index in [9.17, 15) is 4.79 Å². The Labute approximate surface area is 114 Å². The van der Waals surface area contributed by atoms with Gasteiger partial charge in [0.1, 0.15) is 11.8 Å². The van der Waals surface area contributed by atoms with Gasteiger partial charge in [-0.3, -0.25) is 4.79 Å². The Bertz CT molecular complexity index is 385. The van der Waals surface area contributed by atoms with Gasteiger partial charge >= 0.3 is 5.97 Å². The summed E-state index contributed by atoms with van der Waals surface area (Å²) in [7, 11) is 1.34. The molecule has 0 fully saturated rings. The molecule has 0 saturated carbocycles. The number of carbonyl (C=O) groups is 1. The molecule has 0 aliphatic heterocycles. The smallest absolute Gasteiger partial charge is 0.322 e. The van der Waals surface area contributed by atoms with Crippen molar-refractivity contribution < 1.29 is 14.3 Å². The van der Waals surface area contributed by atoms with Gasteiger partial charge in [-0.15, -0.1) is 0 Å². The predicted octanol–water partition coefficient (Wildman–Crippen LogP) is 2.30. The molecule has 4 nitrogen and oxygen atoms in total. The zero-order chi connectivity index (χ0) is 14.3. The molecule has 0 aliphatic rings. The molecule has 0 heterocycles. The van der Waals surface area contributed by atoms with Gasteiger partial charge in [0, 0.05) is 0 Å². The van der Waals surface area contributed by atoms with Crippen LogP contribution in [0.25, 0.3) is 0 Å². The first kappa shape index (κ1) is 15.5. The van der Waals surface area contributed by atoms with Crippen molar-refractivity contribution in [3.8, 4) is 5.75 Å². The fraction of sp³-hybridized carbons (Fsp3) is 0.533. The molecule has 0 aliphatic carbocycles. The fourth-order valence-corrected chi connectivity index (χ4v) is 1.84. The first-order valence-corrected chi connectivity index (χ1v) is 6.69. The van der Waals surface area contributed by atoms with Crippen molar-refractivity contribution in [3.63, 3.8) is 0 Å². The Morgan fingerprint density at radius 3 is 2.26 bits per heavy atom. The zero-order valence-electron chi connectivity index (χ0n) is 11.9. The molecule has 1 atom stereocenters. The Morgan fingerprint density at radius 2 is 1.79 bits per heavy atom. The van der Waals surface area contributed by atoms with Crippen LogP contribution in [0.3, 0.4) is 0 Å². The van der Waals surface area contributed by atoms with E-state index < -0.39 is 12.0 Å². The molecule has 106 valence electrons. The normalized spacial score (nSPS) is 12.3. The highest BCUT2D eigenvalue weighted by Crippen LogP contribution is 2.17. The third kappa shape index (κ3) is 4.91. The number of hydrogen-bond donors (Lipinski definition) is 1. The number of ether oxygens (including phenoxy) is 2. The number of benzene rings is 1. The van der Waals surface area contributed by atoms with Crippen molar-refractivity contribution in [1.29, 1.82) is 0 Å². The Morgan fingerprint density at radius 1 is 1.21 bits per heavy atom. The van der Waals surface area contributed by atoms with E-state index in [2.05, 4.69) is 18.6 Å². The summed E-state index contributed by atoms with van der Waals surface area (Å²) in [4.78, 5) is 11.2. The second-order valence-electron chi connectivity index (χ2n) is 4.53. The minimum absolute atomic E-state index is 0.253. The second kappa shape index (κ2) is 7.79. The number of hydrogen-bond acceptors (Lipinski definition) is 4. The predicted molar refractivity (Wildman–Crippen MR) is 75.1 cm³/mol. The van der Waals surface area contributed by atoms with Crippen LogP contribution in [0.15, 0.2) is 24.3 Å². The van der Waals surface area contributed by atoms with Crippen molar-refractivity contribution in [2.45, 2.75) is 45.3 Å². The maximum atomic E-state index is 11.2. The first-order valence-electron chi connectivity index (χ1n) is 6.69. The summed E-state index contributed by atoms with van der Waals surface area (Å²) in [5, 5.41) is 0. The zero-order valence-corrected chi connectivity index (χ0v) is 11.9. The molecule has 0 amide bonds. The summed E-state index contributed by atoms with van der Waals surface area (Å²) in [5.41, 5.74) is 6.71. The summed E-state index contributed by atoms with van der Waals surface area (Å²) in [5.74, 6) is 0.460. The number of esters is 1. The Hall–Kier alpha value is -1.55. The average molecular weight is 265 g/mol. The van der Waals surface area contributed by atoms with E-state index in [4.69, 9.17) is 10.5 Å². The molecule has 0 spiro atoms. The van der Waals surface area contributed by atoms with Crippen LogP contribution in [-0.4, -0.2) is 25.2 Å². The van der Waals surface area contributed by atoms with E-state index >= 15 is 0 Å². The third-order valence-corrected chi connectivity index (χ3v) is 3.10. The fourth-order valence-electron chi connectivity index (χ4n) is 1.84. The Balaban J connectivity index is 2.58. The van der Waals surface area contributed by atoms with E-state index in [-0.39, 0.29) is 6.10 Å². The van der Waals surface area contributed by atoms with Gasteiger partial charge in [0.25, 0.3) is 0 Å². The summed E-state index contributed by atoms with van der Waals surface area (Å²) >= 11 is 0. The highest BCUT2D eigenvalue weighted by molar-refractivity contribution is 5.75. The van der Waals surface area contributed by atoms with Crippen LogP contribution in [0, 0.1) is 0 Å². The molecular weight excluding hydrogens is 242 g/mol. The molecule has 1 aromatic carbocycles. The number of rotatable bonds is 7. The number of methoxy groups -OCH3 is 1. The largest absolute Gasteiger partial charge is 0.490 e. The van der Waals surface area contributed by atoms with Crippen molar-refractivity contribution in [2.75, 3.05) is 7.11 Å². The molecular formula is C15H23NO3. The van der Waals surface area contributed by atoms with Crippen LogP contribution in [-0.2, 0) is 16.0 Å². The second-order valence-corrected chi connectivity index (χ2v) is 4.53. The van der Waals surface area contributed by atoms with Gasteiger partial charge in [0.2, 0.25) is 0 Å². The monoisotopic (exact) mass is 265 g/mol. The van der Waals surface area contributed by atoms with E-state index in [0.29, 0.717) is 6.42 Å². The Kier molecular flexibility index (Phi) is 6.36. The molecule has 0 aromatic heterocycles. The van der Waals surface area contributed by atoms with Crippen molar-refractivity contribution in [3.05, 3.63) is 29.8 Å². The molecule has 19 heavy (non-hydrogen) atoms. The molecule has 1 unspecified atom stereocenters. The molecule has 1 aromatic rings. The lowest BCUT2D eigenvalue weighted by Crippen LogP contribution is -2.33. The van der Waals surface area contributed by atoms with E-state index in [1.54, 1.807) is 0 Å². The average Bonchev–Trinajstić information content (AvgIpc) is 2.45. The minimum Gasteiger partial charge on any atom is -0.490 e. The molecule has 0 saturated heterocycles. The van der Waals surface area contributed by atoms with Gasteiger partial charge in [-0.1, -0.05) is 26.0 Å². The van der Waals surface area contributed by atoms with Crippen LogP contribution in [0.2, 0.25) is 0 Å². The lowest BCUT2D eigenvalue weighted by Gasteiger charge is -2.16. The van der Waals surface area contributed by atoms with Gasteiger partial charge in [-0.2, -0.15) is 0 Å². The van der Waals surface area contributed by atoms with Crippen molar-refractivity contribution in [1.82, 2.24) is 0 Å². The molecule has 4 heteroatoms. The quantitative estimate of drug-likeness (QED) is 0.768. The lowest BCUT2D eigenvalue weighted by molar-refractivity contribution is -0.142. The van der Waals surface area contributed by atoms with Crippen molar-refractivity contribution in [2.24, 2.45) is 5.73 Å². The summed E-state index contributed by atoms with van der Waals surface area (Å²) in [6.45, 7) is 4.22. The molecule has 2 N–H and O–H groups in total. The van der Waals surface area contributed by atoms with Gasteiger partial charge in [-0.25, -0.2) is 0 Å². The standard InChI is InChI=1S/C15H23NO3/c1-4-12(5-2)19-13-8-6-11(7-9-13)10-14(16)15(17)18-3/h6-9,12,14H,4-5,10,16H2,1-3H3. The number of nitrogens with two attached hydrogens (primary N) is 1. The SMILES string of the molecule is CCC(CC)Oc1ccc(CC(N)C(=O)OC)cc1. The highest BCUT2D eigenvalue weighted by Gasteiger charge is 2.14. The van der Waals surface area contributed by atoms with Gasteiger partial charge in [0.15, 0.2) is 0 Å². The minimum atomic E-state index is -0.615. The maximum Gasteiger partial charge on any atom is 0.322 e. The topological polar surface area (TPSA) is 61.5 Å². The van der Waals surface area contributed by atoms with E-state index in [0.717, 1.165) is 24.2 Å². The van der Waals surface area contributed by atoms with Crippen LogP contribution in [0.1, 0.15) is 32.3 Å². The van der Waals surface area contributed by atoms with Crippen LogP contribution in [0.5, 0.6) is 5.75 Å². The summed E-state index contributed by atoms with van der Waals surface area (Å²) in [6.07, 6.45) is 2.71. The van der Waals surface area contributed by atoms with E-state index in [1.165, 1.54) is 7.11 Å². The van der Waals surface area contributed by atoms with Crippen LogP contribution >= 0.6 is 0 Å².